The van der Waals surface area contributed by atoms with E-state index >= 15 is 0 Å². The fraction of sp³-hybridized carbons (Fsp3) is 0.200. The monoisotopic (exact) mass is 483 g/mol. The van der Waals surface area contributed by atoms with Crippen molar-refractivity contribution < 1.29 is 19.6 Å². The number of quaternary nitrogens is 1. The lowest BCUT2D eigenvalue weighted by Crippen LogP contribution is -2.89. The number of phenolic OH excluding ortho intramolecular Hbond substituents is 1. The number of phenols is 1. The van der Waals surface area contributed by atoms with Gasteiger partial charge in [-0.15, -0.1) is 0 Å². The van der Waals surface area contributed by atoms with Crippen LogP contribution in [0, 0.1) is 12.7 Å². The molecule has 2 unspecified atom stereocenters. The van der Waals surface area contributed by atoms with Gasteiger partial charge in [0.05, 0.1) is 16.6 Å². The largest absolute Gasteiger partial charge is 0.504 e. The second-order valence-corrected chi connectivity index (χ2v) is 8.44. The zero-order chi connectivity index (χ0) is 22.0. The lowest BCUT2D eigenvalue weighted by atomic mass is 9.97. The molecule has 4 nitrogen and oxygen atoms in total. The molecule has 0 aliphatic carbocycles. The molecule has 0 amide bonds. The van der Waals surface area contributed by atoms with Gasteiger partial charge in [0, 0.05) is 17.3 Å². The highest BCUT2D eigenvalue weighted by molar-refractivity contribution is 9.10. The molecule has 1 aliphatic rings. The third kappa shape index (κ3) is 4.60. The third-order valence-corrected chi connectivity index (χ3v) is 6.02. The molecule has 0 aromatic heterocycles. The molecule has 0 saturated carbocycles. The van der Waals surface area contributed by atoms with E-state index in [1.807, 2.05) is 19.1 Å². The van der Waals surface area contributed by atoms with E-state index in [0.29, 0.717) is 16.8 Å². The number of nitrogens with two attached hydrogens (primary N) is 1. The summed E-state index contributed by atoms with van der Waals surface area (Å²) in [6.07, 6.45) is 1.93. The molecule has 6 heteroatoms. The van der Waals surface area contributed by atoms with Gasteiger partial charge in [0.2, 0.25) is 0 Å². The van der Waals surface area contributed by atoms with Crippen molar-refractivity contribution in [3.05, 3.63) is 99.3 Å². The van der Waals surface area contributed by atoms with E-state index in [-0.39, 0.29) is 23.8 Å². The van der Waals surface area contributed by atoms with Gasteiger partial charge < -0.3 is 20.5 Å². The predicted molar refractivity (Wildman–Crippen MR) is 123 cm³/mol. The van der Waals surface area contributed by atoms with Crippen molar-refractivity contribution >= 4 is 21.6 Å². The Balaban J connectivity index is 1.77. The predicted octanol–water partition coefficient (Wildman–Crippen LogP) is 4.95. The van der Waals surface area contributed by atoms with E-state index in [9.17, 15) is 9.50 Å². The van der Waals surface area contributed by atoms with E-state index in [2.05, 4.69) is 63.8 Å². The van der Waals surface area contributed by atoms with Crippen molar-refractivity contribution in [1.82, 2.24) is 5.32 Å². The number of halogens is 2. The van der Waals surface area contributed by atoms with Crippen LogP contribution >= 0.6 is 15.9 Å². The van der Waals surface area contributed by atoms with Crippen LogP contribution < -0.4 is 15.4 Å². The van der Waals surface area contributed by atoms with E-state index < -0.39 is 0 Å². The molecule has 3 aromatic rings. The molecule has 3 aromatic carbocycles. The minimum atomic E-state index is -0.299. The molecule has 2 atom stereocenters. The summed E-state index contributed by atoms with van der Waals surface area (Å²) in [5.74, 6) is 0.316. The number of para-hydroxylation sites is 1. The van der Waals surface area contributed by atoms with Crippen LogP contribution in [0.2, 0.25) is 0 Å². The first-order valence-electron chi connectivity index (χ1n) is 10.3. The zero-order valence-corrected chi connectivity index (χ0v) is 19.0. The summed E-state index contributed by atoms with van der Waals surface area (Å²) in [6.45, 7) is 4.42. The average molecular weight is 484 g/mol. The molecular weight excluding hydrogens is 459 g/mol. The Hall–Kier alpha value is -2.83. The molecule has 0 radical (unpaired) electrons. The van der Waals surface area contributed by atoms with Crippen molar-refractivity contribution in [2.45, 2.75) is 26.1 Å². The molecule has 0 spiro atoms. The van der Waals surface area contributed by atoms with Crippen molar-refractivity contribution in [2.75, 3.05) is 6.61 Å². The minimum absolute atomic E-state index is 0.144. The van der Waals surface area contributed by atoms with Crippen LogP contribution in [0.15, 0.2) is 71.2 Å². The van der Waals surface area contributed by atoms with Gasteiger partial charge in [-0.3, -0.25) is 0 Å². The van der Waals surface area contributed by atoms with Crippen LogP contribution in [0.5, 0.6) is 11.5 Å². The first kappa shape index (κ1) is 21.4. The molecule has 1 aliphatic heterocycles. The molecule has 160 valence electrons. The van der Waals surface area contributed by atoms with Crippen LogP contribution in [-0.4, -0.2) is 11.7 Å². The van der Waals surface area contributed by atoms with Crippen LogP contribution in [0.3, 0.4) is 0 Å². The molecule has 4 rings (SSSR count). The average Bonchev–Trinajstić information content (AvgIpc) is 2.77. The lowest BCUT2D eigenvalue weighted by Gasteiger charge is -2.30. The van der Waals surface area contributed by atoms with Crippen LogP contribution in [-0.2, 0) is 0 Å². The number of rotatable bonds is 5. The van der Waals surface area contributed by atoms with Crippen molar-refractivity contribution in [3.8, 4) is 11.5 Å². The maximum atomic E-state index is 13.8. The minimum Gasteiger partial charge on any atom is -0.504 e. The zero-order valence-electron chi connectivity index (χ0n) is 17.4. The first-order valence-corrected chi connectivity index (χ1v) is 11.1. The summed E-state index contributed by atoms with van der Waals surface area (Å²) < 4.78 is 19.8. The molecule has 0 bridgehead atoms. The SMILES string of the molecule is CCOc1cccc(C2C=C(c3ccc(C)cc3)NC(c3ccc(F)c(Br)c3)[NH2+]2)c1O. The number of aromatic hydroxyl groups is 1. The highest BCUT2D eigenvalue weighted by atomic mass is 79.9. The summed E-state index contributed by atoms with van der Waals surface area (Å²) in [4.78, 5) is 0. The molecule has 1 heterocycles. The van der Waals surface area contributed by atoms with E-state index in [1.54, 1.807) is 18.2 Å². The number of benzene rings is 3. The fourth-order valence-corrected chi connectivity index (χ4v) is 4.19. The van der Waals surface area contributed by atoms with Gasteiger partial charge in [0.1, 0.15) is 11.9 Å². The first-order chi connectivity index (χ1) is 15.0. The normalized spacial score (nSPS) is 18.3. The Kier molecular flexibility index (Phi) is 6.30. The van der Waals surface area contributed by atoms with Crippen molar-refractivity contribution in [3.63, 3.8) is 0 Å². The molecule has 0 saturated heterocycles. The second kappa shape index (κ2) is 9.12. The highest BCUT2D eigenvalue weighted by Crippen LogP contribution is 2.35. The van der Waals surface area contributed by atoms with E-state index in [4.69, 9.17) is 4.74 Å². The summed E-state index contributed by atoms with van der Waals surface area (Å²) >= 11 is 3.29. The lowest BCUT2D eigenvalue weighted by molar-refractivity contribution is -0.731. The maximum Gasteiger partial charge on any atom is 0.186 e. The maximum absolute atomic E-state index is 13.8. The smallest absolute Gasteiger partial charge is 0.186 e. The molecular formula is C25H25BrFN2O2+. The Morgan fingerprint density at radius 1 is 1.13 bits per heavy atom. The summed E-state index contributed by atoms with van der Waals surface area (Å²) in [7, 11) is 0. The summed E-state index contributed by atoms with van der Waals surface area (Å²) in [6, 6.07) is 18.7. The van der Waals surface area contributed by atoms with Gasteiger partial charge in [-0.1, -0.05) is 35.9 Å². The van der Waals surface area contributed by atoms with E-state index in [1.165, 1.54) is 11.6 Å². The number of hydrogen-bond donors (Lipinski definition) is 3. The number of aryl methyl sites for hydroxylation is 1. The Bertz CT molecular complexity index is 1120. The summed E-state index contributed by atoms with van der Waals surface area (Å²) in [5.41, 5.74) is 4.89. The number of nitrogens with one attached hydrogen (secondary N) is 1. The highest BCUT2D eigenvalue weighted by Gasteiger charge is 2.30. The topological polar surface area (TPSA) is 58.1 Å². The third-order valence-electron chi connectivity index (χ3n) is 5.41. The van der Waals surface area contributed by atoms with Gasteiger partial charge in [-0.05, 0) is 65.7 Å². The van der Waals surface area contributed by atoms with Crippen LogP contribution in [0.1, 0.15) is 41.4 Å². The summed E-state index contributed by atoms with van der Waals surface area (Å²) in [5, 5.41) is 16.5. The Morgan fingerprint density at radius 3 is 2.61 bits per heavy atom. The molecule has 31 heavy (non-hydrogen) atoms. The Morgan fingerprint density at radius 2 is 1.90 bits per heavy atom. The van der Waals surface area contributed by atoms with Gasteiger partial charge in [0.15, 0.2) is 17.7 Å². The second-order valence-electron chi connectivity index (χ2n) is 7.59. The Labute approximate surface area is 189 Å². The standard InChI is InChI=1S/C25H24BrFN2O2/c1-3-31-23-6-4-5-18(24(23)30)22-14-21(16-9-7-15(2)8-10-16)28-25(29-22)17-11-12-20(27)19(26)13-17/h4-14,22,25,28-30H,3H2,1-2H3/p+1. The quantitative estimate of drug-likeness (QED) is 0.481. The van der Waals surface area contributed by atoms with Crippen molar-refractivity contribution in [2.24, 2.45) is 0 Å². The van der Waals surface area contributed by atoms with Gasteiger partial charge >= 0.3 is 0 Å². The van der Waals surface area contributed by atoms with Crippen LogP contribution in [0.4, 0.5) is 4.39 Å². The van der Waals surface area contributed by atoms with Crippen LogP contribution in [0.25, 0.3) is 5.70 Å². The van der Waals surface area contributed by atoms with Gasteiger partial charge in [0.25, 0.3) is 0 Å². The van der Waals surface area contributed by atoms with Crippen molar-refractivity contribution in [1.29, 1.82) is 0 Å². The number of hydrogen-bond acceptors (Lipinski definition) is 3. The van der Waals surface area contributed by atoms with Gasteiger partial charge in [-0.25, -0.2) is 4.39 Å². The fourth-order valence-electron chi connectivity index (χ4n) is 3.79. The van der Waals surface area contributed by atoms with Gasteiger partial charge in [-0.2, -0.15) is 0 Å². The van der Waals surface area contributed by atoms with E-state index in [0.717, 1.165) is 22.4 Å². The molecule has 0 fully saturated rings. The number of ether oxygens (including phenoxy) is 1. The molecule has 4 N–H and O–H groups in total.